The van der Waals surface area contributed by atoms with Crippen LogP contribution in [0.3, 0.4) is 0 Å². The number of nitrogens with zero attached hydrogens (tertiary/aromatic N) is 5. The summed E-state index contributed by atoms with van der Waals surface area (Å²) in [7, 11) is 0. The third-order valence-corrected chi connectivity index (χ3v) is 6.82. The fraction of sp³-hybridized carbons (Fsp3) is 0.222. The molecule has 190 valence electrons. The van der Waals surface area contributed by atoms with Crippen molar-refractivity contribution in [2.75, 3.05) is 5.75 Å². The van der Waals surface area contributed by atoms with E-state index in [4.69, 9.17) is 5.73 Å². The number of benzene rings is 2. The molecule has 1 saturated heterocycles. The fourth-order valence-corrected chi connectivity index (χ4v) is 4.80. The molecule has 8 nitrogen and oxygen atoms in total. The van der Waals surface area contributed by atoms with Crippen LogP contribution in [0.5, 0.6) is 5.75 Å². The second-order valence-electron chi connectivity index (χ2n) is 8.33. The van der Waals surface area contributed by atoms with Gasteiger partial charge in [-0.15, -0.1) is 5.10 Å². The van der Waals surface area contributed by atoms with Crippen LogP contribution in [-0.4, -0.2) is 40.1 Å². The molecule has 0 bridgehead atoms. The molecule has 0 atom stereocenters. The second kappa shape index (κ2) is 12.3. The first kappa shape index (κ1) is 26.0. The minimum absolute atomic E-state index is 0.0306. The Hall–Kier alpha value is -4.05. The molecule has 0 unspecified atom stereocenters. The number of halogens is 1. The Morgan fingerprint density at radius 2 is 1.95 bits per heavy atom. The summed E-state index contributed by atoms with van der Waals surface area (Å²) in [5, 5.41) is 9.20. The third-order valence-electron chi connectivity index (χ3n) is 5.91. The number of carbonyl (C=O) groups is 1. The van der Waals surface area contributed by atoms with E-state index in [1.54, 1.807) is 23.2 Å². The maximum absolute atomic E-state index is 12.7. The minimum Gasteiger partial charge on any atom is -0.383 e. The lowest BCUT2D eigenvalue weighted by Gasteiger charge is -2.26. The van der Waals surface area contributed by atoms with Crippen molar-refractivity contribution in [2.45, 2.75) is 33.1 Å². The van der Waals surface area contributed by atoms with E-state index in [0.717, 1.165) is 41.7 Å². The number of hydrogen-bond acceptors (Lipinski definition) is 6. The zero-order chi connectivity index (χ0) is 26.2. The Morgan fingerprint density at radius 1 is 1.19 bits per heavy atom. The second-order valence-corrected chi connectivity index (χ2v) is 9.27. The molecule has 2 N–H and O–H groups in total. The molecule has 1 aliphatic carbocycles. The molecule has 0 spiro atoms. The zero-order valence-electron chi connectivity index (χ0n) is 20.6. The van der Waals surface area contributed by atoms with Gasteiger partial charge in [0.05, 0.1) is 23.4 Å². The molecule has 1 amide bonds. The summed E-state index contributed by atoms with van der Waals surface area (Å²) >= 11 is 1.40. The predicted molar refractivity (Wildman–Crippen MR) is 148 cm³/mol. The molecule has 37 heavy (non-hydrogen) atoms. The smallest absolute Gasteiger partial charge is 0.243 e. The molecular weight excluding hydrogens is 491 g/mol. The van der Waals surface area contributed by atoms with Gasteiger partial charge in [0.2, 0.25) is 5.91 Å². The molecule has 0 radical (unpaired) electrons. The first-order chi connectivity index (χ1) is 18.0. The summed E-state index contributed by atoms with van der Waals surface area (Å²) in [6, 6.07) is 13.5. The number of thioether (sulfide) groups is 1. The van der Waals surface area contributed by atoms with Crippen molar-refractivity contribution in [3.63, 3.8) is 0 Å². The van der Waals surface area contributed by atoms with E-state index < -0.39 is 0 Å². The summed E-state index contributed by atoms with van der Waals surface area (Å²) < 4.78 is 12.1. The van der Waals surface area contributed by atoms with Crippen LogP contribution >= 0.6 is 11.8 Å². The summed E-state index contributed by atoms with van der Waals surface area (Å²) in [5.74, 6) is 0.784. The Morgan fingerprint density at radius 3 is 2.65 bits per heavy atom. The standard InChI is InChI=1S/C27H27FN6O2S/c1-3-20-6-4-5-18(2)25(20)34-24(35)16-37-27(34)33-32-15-19-7-9-21(10-8-19)26(29)31-17-30-22-11-13-23(36-28)14-12-22/h5,7-15,17H,3-4,6,16H2,1-2H3,(H2,29,30,31)/b32-15+,33-27-. The van der Waals surface area contributed by atoms with Gasteiger partial charge in [-0.25, -0.2) is 9.98 Å². The highest BCUT2D eigenvalue weighted by Crippen LogP contribution is 2.35. The number of allylic oxidation sites excluding steroid dienone is 3. The Labute approximate surface area is 219 Å². The molecule has 2 aliphatic rings. The number of carbonyl (C=O) groups excluding carboxylic acids is 1. The van der Waals surface area contributed by atoms with Gasteiger partial charge in [0.15, 0.2) is 10.9 Å². The molecule has 4 rings (SSSR count). The monoisotopic (exact) mass is 518 g/mol. The Balaban J connectivity index is 1.43. The van der Waals surface area contributed by atoms with Crippen molar-refractivity contribution in [3.8, 4) is 5.75 Å². The first-order valence-corrected chi connectivity index (χ1v) is 12.8. The van der Waals surface area contributed by atoms with Gasteiger partial charge >= 0.3 is 0 Å². The molecule has 2 aromatic carbocycles. The van der Waals surface area contributed by atoms with Crippen LogP contribution in [0.25, 0.3) is 0 Å². The fourth-order valence-electron chi connectivity index (χ4n) is 3.99. The van der Waals surface area contributed by atoms with Crippen LogP contribution in [0.2, 0.25) is 0 Å². The van der Waals surface area contributed by atoms with Crippen molar-refractivity contribution in [1.82, 2.24) is 4.90 Å². The van der Waals surface area contributed by atoms with E-state index in [-0.39, 0.29) is 11.7 Å². The quantitative estimate of drug-likeness (QED) is 0.276. The third kappa shape index (κ3) is 6.39. The molecule has 1 aliphatic heterocycles. The molecule has 0 aromatic heterocycles. The van der Waals surface area contributed by atoms with Gasteiger partial charge in [-0.2, -0.15) is 5.10 Å². The van der Waals surface area contributed by atoms with Gasteiger partial charge in [-0.05, 0) is 67.2 Å². The summed E-state index contributed by atoms with van der Waals surface area (Å²) in [5.41, 5.74) is 11.6. The van der Waals surface area contributed by atoms with E-state index in [0.29, 0.717) is 22.4 Å². The Kier molecular flexibility index (Phi) is 8.63. The predicted octanol–water partition coefficient (Wildman–Crippen LogP) is 5.68. The van der Waals surface area contributed by atoms with Gasteiger partial charge in [-0.1, -0.05) is 49.0 Å². The van der Waals surface area contributed by atoms with Gasteiger partial charge < -0.3 is 5.73 Å². The number of amidine groups is 2. The van der Waals surface area contributed by atoms with Gasteiger partial charge in [-0.3, -0.25) is 14.6 Å². The topological polar surface area (TPSA) is 105 Å². The Bertz CT molecular complexity index is 1330. The first-order valence-electron chi connectivity index (χ1n) is 11.8. The molecule has 0 saturated carbocycles. The number of aliphatic imine (C=N–C) groups is 2. The maximum atomic E-state index is 12.7. The van der Waals surface area contributed by atoms with E-state index in [9.17, 15) is 9.32 Å². The lowest BCUT2D eigenvalue weighted by Crippen LogP contribution is -2.31. The number of rotatable bonds is 8. The highest BCUT2D eigenvalue weighted by atomic mass is 32.2. The number of hydrogen-bond donors (Lipinski definition) is 1. The van der Waals surface area contributed by atoms with Gasteiger partial charge in [0.25, 0.3) is 0 Å². The van der Waals surface area contributed by atoms with Crippen LogP contribution in [0.4, 0.5) is 10.2 Å². The van der Waals surface area contributed by atoms with E-state index in [1.165, 1.54) is 35.8 Å². The molecular formula is C27H27FN6O2S. The summed E-state index contributed by atoms with van der Waals surface area (Å²) in [6.45, 7) is 4.17. The highest BCUT2D eigenvalue weighted by Gasteiger charge is 2.34. The van der Waals surface area contributed by atoms with Crippen molar-refractivity contribution in [2.24, 2.45) is 25.9 Å². The largest absolute Gasteiger partial charge is 0.383 e. The zero-order valence-corrected chi connectivity index (χ0v) is 21.4. The van der Waals surface area contributed by atoms with Gasteiger partial charge in [0.1, 0.15) is 12.2 Å². The van der Waals surface area contributed by atoms with E-state index in [2.05, 4.69) is 38.1 Å². The maximum Gasteiger partial charge on any atom is 0.243 e. The van der Waals surface area contributed by atoms with Crippen molar-refractivity contribution < 1.29 is 14.3 Å². The van der Waals surface area contributed by atoms with Crippen molar-refractivity contribution in [1.29, 1.82) is 0 Å². The van der Waals surface area contributed by atoms with Gasteiger partial charge in [0, 0.05) is 10.1 Å². The number of nitrogens with two attached hydrogens (primary N) is 1. The van der Waals surface area contributed by atoms with Crippen LogP contribution in [0, 0.1) is 0 Å². The highest BCUT2D eigenvalue weighted by molar-refractivity contribution is 8.15. The van der Waals surface area contributed by atoms with Crippen molar-refractivity contribution >= 4 is 46.9 Å². The lowest BCUT2D eigenvalue weighted by molar-refractivity contribution is -0.122. The summed E-state index contributed by atoms with van der Waals surface area (Å²) in [4.78, 5) is 26.3. The average Bonchev–Trinajstić information content (AvgIpc) is 3.28. The molecule has 2 aromatic rings. The van der Waals surface area contributed by atoms with E-state index in [1.807, 2.05) is 31.2 Å². The minimum atomic E-state index is 0.0306. The van der Waals surface area contributed by atoms with Crippen molar-refractivity contribution in [3.05, 3.63) is 82.6 Å². The molecule has 1 heterocycles. The molecule has 1 fully saturated rings. The van der Waals surface area contributed by atoms with Crippen LogP contribution in [0.15, 0.2) is 91.6 Å². The van der Waals surface area contributed by atoms with Crippen LogP contribution in [-0.2, 0) is 4.79 Å². The van der Waals surface area contributed by atoms with E-state index >= 15 is 0 Å². The lowest BCUT2D eigenvalue weighted by atomic mass is 9.94. The normalized spacial score (nSPS) is 18.0. The SMILES string of the molecule is CCC1=C(N2C(=O)CS/C2=N\N=C\c2ccc(C(N)=NC=Nc3ccc(OF)cc3)cc2)C(C)=CCC1. The number of amides is 1. The molecule has 10 heteroatoms. The summed E-state index contributed by atoms with van der Waals surface area (Å²) in [6.07, 6.45) is 8.01. The average molecular weight is 519 g/mol. The van der Waals surface area contributed by atoms with Crippen LogP contribution < -0.4 is 10.7 Å². The van der Waals surface area contributed by atoms with Crippen LogP contribution in [0.1, 0.15) is 44.2 Å².